The molecule has 0 amide bonds. The molecule has 5 nitrogen and oxygen atoms in total. The second-order valence-electron chi connectivity index (χ2n) is 4.74. The van der Waals surface area contributed by atoms with Crippen molar-refractivity contribution in [1.29, 1.82) is 0 Å². The highest BCUT2D eigenvalue weighted by Crippen LogP contribution is 2.29. The molecule has 0 fully saturated rings. The molecule has 8 heteroatoms. The van der Waals surface area contributed by atoms with E-state index in [1.54, 1.807) is 24.3 Å². The van der Waals surface area contributed by atoms with Crippen LogP contribution in [-0.4, -0.2) is 20.0 Å². The summed E-state index contributed by atoms with van der Waals surface area (Å²) in [6, 6.07) is 6.90. The predicted octanol–water partition coefficient (Wildman–Crippen LogP) is 3.63. The lowest BCUT2D eigenvalue weighted by atomic mass is 10.2. The van der Waals surface area contributed by atoms with Gasteiger partial charge in [-0.1, -0.05) is 48.9 Å². The van der Waals surface area contributed by atoms with Gasteiger partial charge in [0.15, 0.2) is 8.68 Å². The van der Waals surface area contributed by atoms with E-state index < -0.39 is 10.0 Å². The Balaban J connectivity index is 2.23. The maximum atomic E-state index is 12.3. The van der Waals surface area contributed by atoms with Crippen molar-refractivity contribution in [3.05, 3.63) is 34.9 Å². The number of thiazole rings is 1. The van der Waals surface area contributed by atoms with Crippen molar-refractivity contribution in [3.63, 3.8) is 0 Å². The van der Waals surface area contributed by atoms with Gasteiger partial charge in [0.25, 0.3) is 10.0 Å². The van der Waals surface area contributed by atoms with Crippen molar-refractivity contribution < 1.29 is 13.2 Å². The second-order valence-corrected chi connectivity index (χ2v) is 8.26. The smallest absolute Gasteiger partial charge is 0.273 e. The van der Waals surface area contributed by atoms with Gasteiger partial charge in [0.2, 0.25) is 0 Å². The van der Waals surface area contributed by atoms with Gasteiger partial charge in [-0.05, 0) is 18.1 Å². The maximum absolute atomic E-state index is 12.3. The molecule has 0 atom stereocenters. The van der Waals surface area contributed by atoms with Crippen molar-refractivity contribution >= 4 is 38.6 Å². The van der Waals surface area contributed by atoms with Crippen LogP contribution in [0.5, 0.6) is 5.75 Å². The number of aromatic nitrogens is 1. The number of anilines is 1. The molecule has 114 valence electrons. The lowest BCUT2D eigenvalue weighted by Gasteiger charge is -2.14. The van der Waals surface area contributed by atoms with Gasteiger partial charge < -0.3 is 4.74 Å². The van der Waals surface area contributed by atoms with Crippen LogP contribution in [0.1, 0.15) is 13.8 Å². The van der Waals surface area contributed by atoms with Crippen molar-refractivity contribution in [1.82, 2.24) is 4.98 Å². The van der Waals surface area contributed by atoms with E-state index in [4.69, 9.17) is 16.3 Å². The number of nitrogens with zero attached hydrogens (tertiary/aromatic N) is 1. The van der Waals surface area contributed by atoms with Crippen molar-refractivity contribution in [2.24, 2.45) is 5.92 Å². The lowest BCUT2D eigenvalue weighted by molar-refractivity contribution is 0.272. The molecule has 0 saturated heterocycles. The van der Waals surface area contributed by atoms with Gasteiger partial charge in [0.1, 0.15) is 5.75 Å². The Hall–Kier alpha value is -1.31. The van der Waals surface area contributed by atoms with Crippen LogP contribution in [0, 0.1) is 5.92 Å². The Morgan fingerprint density at radius 2 is 2.10 bits per heavy atom. The molecule has 0 saturated carbocycles. The van der Waals surface area contributed by atoms with Gasteiger partial charge in [-0.25, -0.2) is 13.4 Å². The summed E-state index contributed by atoms with van der Waals surface area (Å²) in [7, 11) is -3.71. The van der Waals surface area contributed by atoms with Crippen LogP contribution in [0.2, 0.25) is 4.47 Å². The summed E-state index contributed by atoms with van der Waals surface area (Å²) in [6.07, 6.45) is 1.23. The number of benzene rings is 1. The fourth-order valence-corrected chi connectivity index (χ4v) is 3.85. The fraction of sp³-hybridized carbons (Fsp3) is 0.308. The van der Waals surface area contributed by atoms with Crippen molar-refractivity contribution in [2.45, 2.75) is 18.1 Å². The first kappa shape index (κ1) is 16.1. The number of hydrogen-bond donors (Lipinski definition) is 1. The molecule has 0 aliphatic heterocycles. The number of halogens is 1. The molecule has 0 aliphatic rings. The molecule has 0 aliphatic carbocycles. The highest BCUT2D eigenvalue weighted by Gasteiger charge is 2.19. The van der Waals surface area contributed by atoms with Crippen LogP contribution >= 0.6 is 22.9 Å². The van der Waals surface area contributed by atoms with Crippen LogP contribution in [0.15, 0.2) is 34.7 Å². The fourth-order valence-electron chi connectivity index (χ4n) is 1.49. The topological polar surface area (TPSA) is 68.3 Å². The normalized spacial score (nSPS) is 11.6. The van der Waals surface area contributed by atoms with Gasteiger partial charge >= 0.3 is 0 Å². The minimum absolute atomic E-state index is 0.0613. The number of para-hydroxylation sites is 2. The number of rotatable bonds is 6. The Labute approximate surface area is 133 Å². The SMILES string of the molecule is CC(C)COc1ccccc1NS(=O)(=O)c1cnc(Cl)s1. The first-order valence-electron chi connectivity index (χ1n) is 6.24. The van der Waals surface area contributed by atoms with Crippen LogP contribution in [-0.2, 0) is 10.0 Å². The third kappa shape index (κ3) is 4.33. The van der Waals surface area contributed by atoms with Crippen LogP contribution in [0.4, 0.5) is 5.69 Å². The van der Waals surface area contributed by atoms with Gasteiger partial charge in [0, 0.05) is 0 Å². The molecule has 0 radical (unpaired) electrons. The molecule has 0 spiro atoms. The Morgan fingerprint density at radius 3 is 2.71 bits per heavy atom. The van der Waals surface area contributed by atoms with Crippen LogP contribution < -0.4 is 9.46 Å². The van der Waals surface area contributed by atoms with Crippen LogP contribution in [0.25, 0.3) is 0 Å². The molecule has 0 unspecified atom stereocenters. The molecule has 2 rings (SSSR count). The molecule has 21 heavy (non-hydrogen) atoms. The van der Waals surface area contributed by atoms with Gasteiger partial charge in [0.05, 0.1) is 18.5 Å². The minimum Gasteiger partial charge on any atom is -0.491 e. The summed E-state index contributed by atoms with van der Waals surface area (Å²) in [5, 5.41) is 0. The first-order valence-corrected chi connectivity index (χ1v) is 8.92. The van der Waals surface area contributed by atoms with Gasteiger partial charge in [-0.2, -0.15) is 0 Å². The summed E-state index contributed by atoms with van der Waals surface area (Å²) in [6.45, 7) is 4.54. The summed E-state index contributed by atoms with van der Waals surface area (Å²) >= 11 is 6.58. The monoisotopic (exact) mass is 346 g/mol. The summed E-state index contributed by atoms with van der Waals surface area (Å²) in [5.41, 5.74) is 0.391. The standard InChI is InChI=1S/C13H15ClN2O3S2/c1-9(2)8-19-11-6-4-3-5-10(11)16-21(17,18)12-7-15-13(14)20-12/h3-7,9,16H,8H2,1-2H3. The third-order valence-corrected chi connectivity index (χ3v) is 5.37. The summed E-state index contributed by atoms with van der Waals surface area (Å²) < 4.78 is 32.9. The van der Waals surface area contributed by atoms with E-state index in [2.05, 4.69) is 9.71 Å². The van der Waals surface area contributed by atoms with E-state index in [0.717, 1.165) is 11.3 Å². The quantitative estimate of drug-likeness (QED) is 0.867. The molecular weight excluding hydrogens is 332 g/mol. The van der Waals surface area contributed by atoms with E-state index in [1.165, 1.54) is 6.20 Å². The molecule has 1 aromatic heterocycles. The summed E-state index contributed by atoms with van der Waals surface area (Å²) in [4.78, 5) is 3.74. The van der Waals surface area contributed by atoms with E-state index in [0.29, 0.717) is 24.0 Å². The molecule has 2 aromatic rings. The number of nitrogens with one attached hydrogen (secondary N) is 1. The summed E-state index contributed by atoms with van der Waals surface area (Å²) in [5.74, 6) is 0.834. The zero-order valence-electron chi connectivity index (χ0n) is 11.5. The zero-order chi connectivity index (χ0) is 15.5. The molecule has 1 aromatic carbocycles. The van der Waals surface area contributed by atoms with E-state index in [1.807, 2.05) is 13.8 Å². The lowest BCUT2D eigenvalue weighted by Crippen LogP contribution is -2.13. The van der Waals surface area contributed by atoms with E-state index in [9.17, 15) is 8.42 Å². The molecule has 1 heterocycles. The average molecular weight is 347 g/mol. The van der Waals surface area contributed by atoms with E-state index in [-0.39, 0.29) is 8.68 Å². The minimum atomic E-state index is -3.71. The van der Waals surface area contributed by atoms with Crippen molar-refractivity contribution in [2.75, 3.05) is 11.3 Å². The number of sulfonamides is 1. The molecule has 0 bridgehead atoms. The largest absolute Gasteiger partial charge is 0.491 e. The van der Waals surface area contributed by atoms with Gasteiger partial charge in [-0.3, -0.25) is 4.72 Å². The Morgan fingerprint density at radius 1 is 1.38 bits per heavy atom. The van der Waals surface area contributed by atoms with Crippen molar-refractivity contribution in [3.8, 4) is 5.75 Å². The second kappa shape index (κ2) is 6.64. The Kier molecular flexibility index (Phi) is 5.08. The Bertz CT molecular complexity index is 714. The predicted molar refractivity (Wildman–Crippen MR) is 84.7 cm³/mol. The maximum Gasteiger partial charge on any atom is 0.273 e. The highest BCUT2D eigenvalue weighted by atomic mass is 35.5. The number of hydrogen-bond acceptors (Lipinski definition) is 5. The highest BCUT2D eigenvalue weighted by molar-refractivity contribution is 7.94. The zero-order valence-corrected chi connectivity index (χ0v) is 13.9. The number of ether oxygens (including phenoxy) is 1. The molecule has 1 N–H and O–H groups in total. The van der Waals surface area contributed by atoms with Crippen LogP contribution in [0.3, 0.4) is 0 Å². The first-order chi connectivity index (χ1) is 9.88. The van der Waals surface area contributed by atoms with Gasteiger partial charge in [-0.15, -0.1) is 0 Å². The average Bonchev–Trinajstić information content (AvgIpc) is 2.85. The third-order valence-electron chi connectivity index (χ3n) is 2.42. The molecular formula is C13H15ClN2O3S2. The van der Waals surface area contributed by atoms with E-state index >= 15 is 0 Å².